The summed E-state index contributed by atoms with van der Waals surface area (Å²) >= 11 is 0. The molecule has 2 aromatic rings. The molecule has 4 aliphatic rings. The predicted molar refractivity (Wildman–Crippen MR) is 173 cm³/mol. The molecule has 2 bridgehead atoms. The Balaban J connectivity index is 1.37. The van der Waals surface area contributed by atoms with Crippen molar-refractivity contribution in [3.05, 3.63) is 58.4 Å². The highest BCUT2D eigenvalue weighted by Crippen LogP contribution is 2.46. The summed E-state index contributed by atoms with van der Waals surface area (Å²) in [7, 11) is 0. The normalized spacial score (nSPS) is 25.7. The number of carbonyl (C=O) groups is 1. The number of aliphatic carboxylic acids is 1. The van der Waals surface area contributed by atoms with Crippen LogP contribution in [0.25, 0.3) is 11.1 Å². The highest BCUT2D eigenvalue weighted by atomic mass is 16.5. The number of aryl methyl sites for hydroxylation is 2. The van der Waals surface area contributed by atoms with Crippen LogP contribution in [0.1, 0.15) is 94.5 Å². The average molecular weight is 586 g/mol. The van der Waals surface area contributed by atoms with Crippen LogP contribution in [0.3, 0.4) is 0 Å². The maximum absolute atomic E-state index is 12.8. The van der Waals surface area contributed by atoms with E-state index < -0.39 is 17.7 Å². The zero-order valence-corrected chi connectivity index (χ0v) is 27.4. The van der Waals surface area contributed by atoms with Crippen LogP contribution in [-0.2, 0) is 22.5 Å². The monoisotopic (exact) mass is 585 g/mol. The molecule has 1 N–H and O–H groups in total. The molecule has 1 aromatic heterocycles. The zero-order chi connectivity index (χ0) is 30.7. The first-order chi connectivity index (χ1) is 20.3. The molecule has 0 amide bonds. The summed E-state index contributed by atoms with van der Waals surface area (Å²) in [6.45, 7) is 19.5. The van der Waals surface area contributed by atoms with Crippen molar-refractivity contribution in [1.29, 1.82) is 0 Å². The second kappa shape index (κ2) is 11.3. The minimum Gasteiger partial charge on any atom is -0.479 e. The molecule has 6 nitrogen and oxygen atoms in total. The summed E-state index contributed by atoms with van der Waals surface area (Å²) in [6, 6.07) is 6.94. The molecule has 0 radical (unpaired) electrons. The van der Waals surface area contributed by atoms with Crippen molar-refractivity contribution in [2.45, 2.75) is 98.8 Å². The number of carboxylic acid groups (broad SMARTS) is 1. The Bertz CT molecular complexity index is 1410. The van der Waals surface area contributed by atoms with E-state index >= 15 is 0 Å². The lowest BCUT2D eigenvalue weighted by Gasteiger charge is -2.41. The third kappa shape index (κ3) is 6.28. The summed E-state index contributed by atoms with van der Waals surface area (Å²) in [5.74, 6) is 1.45. The van der Waals surface area contributed by atoms with Crippen molar-refractivity contribution in [2.75, 3.05) is 31.1 Å². The molecule has 2 aliphatic carbocycles. The van der Waals surface area contributed by atoms with E-state index in [-0.39, 0.29) is 5.41 Å². The molecule has 4 atom stereocenters. The summed E-state index contributed by atoms with van der Waals surface area (Å²) in [6.07, 6.45) is 9.70. The van der Waals surface area contributed by atoms with Gasteiger partial charge in [-0.25, -0.2) is 4.79 Å². The lowest BCUT2D eigenvalue weighted by Crippen LogP contribution is -2.39. The number of hydrogen-bond acceptors (Lipinski definition) is 5. The molecular weight excluding hydrogens is 534 g/mol. The van der Waals surface area contributed by atoms with Crippen LogP contribution in [0, 0.1) is 37.0 Å². The van der Waals surface area contributed by atoms with Gasteiger partial charge in [0.1, 0.15) is 0 Å². The highest BCUT2D eigenvalue weighted by Gasteiger charge is 2.38. The number of hydrogen-bond donors (Lipinski definition) is 1. The average Bonchev–Trinajstić information content (AvgIpc) is 3.54. The maximum Gasteiger partial charge on any atom is 0.337 e. The molecule has 43 heavy (non-hydrogen) atoms. The molecule has 6 heteroatoms. The van der Waals surface area contributed by atoms with Crippen molar-refractivity contribution in [3.8, 4) is 11.1 Å². The Hall–Kier alpha value is -2.70. The van der Waals surface area contributed by atoms with E-state index in [1.54, 1.807) is 0 Å². The highest BCUT2D eigenvalue weighted by molar-refractivity contribution is 5.88. The first kappa shape index (κ1) is 30.3. The molecule has 1 saturated heterocycles. The van der Waals surface area contributed by atoms with Gasteiger partial charge in [-0.05, 0) is 107 Å². The maximum atomic E-state index is 12.8. The Morgan fingerprint density at radius 1 is 1.07 bits per heavy atom. The molecule has 1 aromatic carbocycles. The van der Waals surface area contributed by atoms with Crippen molar-refractivity contribution >= 4 is 11.7 Å². The second-order valence-electron chi connectivity index (χ2n) is 15.5. The van der Waals surface area contributed by atoms with Crippen LogP contribution in [0.5, 0.6) is 0 Å². The van der Waals surface area contributed by atoms with Gasteiger partial charge in [0.2, 0.25) is 0 Å². The van der Waals surface area contributed by atoms with Crippen LogP contribution in [-0.4, -0.2) is 52.7 Å². The molecule has 1 unspecified atom stereocenters. The standard InChI is InChI=1S/C37H51N3O3/c1-23-31(28-10-11-29-21-39(15-12-27(29)20-28)22-30-19-25-8-9-26(30)18-25)33(40-16-13-37(6,7)14-17-40)32(24(2)38-23)34(35(41)42)43-36(3,4)5/h8-11,20,25-26,30,34H,12-19,21-22H2,1-7H3,(H,41,42)/t25-,26?,30-,34+/m1/s1. The SMILES string of the molecule is Cc1nc(C)c([C@H](OC(C)(C)C)C(=O)O)c(N2CCC(C)(C)CC2)c1-c1ccc2c(c1)CCN(C[C@H]1C[C@@H]3C=CC1C3)C2. The lowest BCUT2D eigenvalue weighted by molar-refractivity contribution is -0.160. The largest absolute Gasteiger partial charge is 0.479 e. The lowest BCUT2D eigenvalue weighted by atomic mass is 9.81. The number of pyridine rings is 1. The van der Waals surface area contributed by atoms with Gasteiger partial charge in [-0.3, -0.25) is 9.88 Å². The topological polar surface area (TPSA) is 65.9 Å². The van der Waals surface area contributed by atoms with Crippen LogP contribution in [0.4, 0.5) is 5.69 Å². The van der Waals surface area contributed by atoms with Gasteiger partial charge in [0, 0.05) is 55.2 Å². The van der Waals surface area contributed by atoms with E-state index in [9.17, 15) is 9.90 Å². The molecule has 2 fully saturated rings. The molecule has 3 heterocycles. The number of piperidine rings is 1. The number of benzene rings is 1. The van der Waals surface area contributed by atoms with E-state index in [0.717, 1.165) is 91.4 Å². The van der Waals surface area contributed by atoms with Crippen molar-refractivity contribution < 1.29 is 14.6 Å². The first-order valence-corrected chi connectivity index (χ1v) is 16.5. The third-order valence-electron chi connectivity index (χ3n) is 10.5. The van der Waals surface area contributed by atoms with Crippen molar-refractivity contribution in [2.24, 2.45) is 23.2 Å². The van der Waals surface area contributed by atoms with Crippen molar-refractivity contribution in [3.63, 3.8) is 0 Å². The summed E-state index contributed by atoms with van der Waals surface area (Å²) in [5.41, 5.74) is 8.07. The van der Waals surface area contributed by atoms with Crippen LogP contribution < -0.4 is 4.90 Å². The minimum atomic E-state index is -1.09. The number of rotatable bonds is 7. The quantitative estimate of drug-likeness (QED) is 0.340. The van der Waals surface area contributed by atoms with Gasteiger partial charge in [-0.1, -0.05) is 44.2 Å². The third-order valence-corrected chi connectivity index (χ3v) is 10.5. The Morgan fingerprint density at radius 2 is 1.81 bits per heavy atom. The fourth-order valence-electron chi connectivity index (χ4n) is 8.11. The summed E-state index contributed by atoms with van der Waals surface area (Å²) in [4.78, 5) is 22.9. The van der Waals surface area contributed by atoms with Crippen LogP contribution in [0.2, 0.25) is 0 Å². The smallest absolute Gasteiger partial charge is 0.337 e. The van der Waals surface area contributed by atoms with Gasteiger partial charge in [0.05, 0.1) is 11.3 Å². The second-order valence-corrected chi connectivity index (χ2v) is 15.5. The van der Waals surface area contributed by atoms with Gasteiger partial charge >= 0.3 is 5.97 Å². The van der Waals surface area contributed by atoms with Crippen LogP contribution in [0.15, 0.2) is 30.4 Å². The van der Waals surface area contributed by atoms with Crippen LogP contribution >= 0.6 is 0 Å². The Labute approximate surface area is 258 Å². The van der Waals surface area contributed by atoms with E-state index in [1.165, 1.54) is 30.5 Å². The Morgan fingerprint density at radius 3 is 2.44 bits per heavy atom. The van der Waals surface area contributed by atoms with E-state index in [0.29, 0.717) is 5.56 Å². The first-order valence-electron chi connectivity index (χ1n) is 16.5. The van der Waals surface area contributed by atoms with Gasteiger partial charge in [-0.2, -0.15) is 0 Å². The van der Waals surface area contributed by atoms with Gasteiger partial charge in [-0.15, -0.1) is 0 Å². The predicted octanol–water partition coefficient (Wildman–Crippen LogP) is 7.50. The van der Waals surface area contributed by atoms with E-state index in [1.807, 2.05) is 27.7 Å². The molecule has 232 valence electrons. The Kier molecular flexibility index (Phi) is 8.00. The molecule has 1 saturated carbocycles. The number of anilines is 1. The van der Waals surface area contributed by atoms with Gasteiger partial charge in [0.15, 0.2) is 6.10 Å². The van der Waals surface area contributed by atoms with Crippen molar-refractivity contribution in [1.82, 2.24) is 9.88 Å². The number of nitrogens with zero attached hydrogens (tertiary/aromatic N) is 3. The minimum absolute atomic E-state index is 0.272. The fourth-order valence-corrected chi connectivity index (χ4v) is 8.11. The fraction of sp³-hybridized carbons (Fsp3) is 0.622. The molecular formula is C37H51N3O3. The zero-order valence-electron chi connectivity index (χ0n) is 27.4. The summed E-state index contributed by atoms with van der Waals surface area (Å²) < 4.78 is 6.27. The van der Waals surface area contributed by atoms with Gasteiger partial charge < -0.3 is 14.7 Å². The number of allylic oxidation sites excluding steroid dienone is 2. The number of fused-ring (bicyclic) bond motifs is 3. The van der Waals surface area contributed by atoms with Gasteiger partial charge in [0.25, 0.3) is 0 Å². The number of carboxylic acids is 1. The summed E-state index contributed by atoms with van der Waals surface area (Å²) in [5, 5.41) is 10.5. The van der Waals surface area contributed by atoms with E-state index in [2.05, 4.69) is 60.9 Å². The molecule has 2 aliphatic heterocycles. The molecule has 6 rings (SSSR count). The number of aromatic nitrogens is 1. The van der Waals surface area contributed by atoms with E-state index in [4.69, 9.17) is 9.72 Å². The number of ether oxygens (including phenoxy) is 1. The molecule has 0 spiro atoms.